The molecule has 19 heavy (non-hydrogen) atoms. The number of nitrogens with one attached hydrogen (secondary N) is 1. The fourth-order valence-corrected chi connectivity index (χ4v) is 2.46. The molecule has 1 N–H and O–H groups in total. The van der Waals surface area contributed by atoms with Crippen LogP contribution < -0.4 is 5.32 Å². The van der Waals surface area contributed by atoms with E-state index in [1.165, 1.54) is 0 Å². The summed E-state index contributed by atoms with van der Waals surface area (Å²) in [6.45, 7) is -0.0717. The molecule has 0 amide bonds. The normalized spacial score (nSPS) is 23.8. The van der Waals surface area contributed by atoms with E-state index in [2.05, 4.69) is 10.4 Å². The Bertz CT molecular complexity index is 461. The molecular formula is C12H16F3N3O. The van der Waals surface area contributed by atoms with Gasteiger partial charge in [0.1, 0.15) is 11.2 Å². The number of hydrogen-bond acceptors (Lipinski definition) is 3. The van der Waals surface area contributed by atoms with Crippen LogP contribution in [0.1, 0.15) is 18.5 Å². The van der Waals surface area contributed by atoms with E-state index < -0.39 is 17.4 Å². The SMILES string of the molecule is Cn1nccc1CCC(=O)C1(C(F)(F)F)CCNC1. The molecule has 0 aliphatic carbocycles. The van der Waals surface area contributed by atoms with Crippen molar-refractivity contribution >= 4 is 5.78 Å². The highest BCUT2D eigenvalue weighted by Crippen LogP contribution is 2.44. The van der Waals surface area contributed by atoms with Crippen molar-refractivity contribution in [3.63, 3.8) is 0 Å². The molecule has 0 aromatic carbocycles. The number of nitrogens with zero attached hydrogens (tertiary/aromatic N) is 2. The van der Waals surface area contributed by atoms with Crippen molar-refractivity contribution in [3.8, 4) is 0 Å². The van der Waals surface area contributed by atoms with Crippen LogP contribution in [0.4, 0.5) is 13.2 Å². The van der Waals surface area contributed by atoms with Gasteiger partial charge in [0.15, 0.2) is 0 Å². The Morgan fingerprint density at radius 2 is 2.32 bits per heavy atom. The minimum atomic E-state index is -4.49. The minimum Gasteiger partial charge on any atom is -0.315 e. The van der Waals surface area contributed by atoms with Gasteiger partial charge >= 0.3 is 6.18 Å². The molecule has 7 heteroatoms. The molecule has 0 bridgehead atoms. The third-order valence-corrected chi connectivity index (χ3v) is 3.76. The molecule has 1 aliphatic rings. The summed E-state index contributed by atoms with van der Waals surface area (Å²) in [6, 6.07) is 1.71. The first-order valence-electron chi connectivity index (χ1n) is 6.14. The molecule has 2 rings (SSSR count). The summed E-state index contributed by atoms with van der Waals surface area (Å²) in [4.78, 5) is 12.0. The molecule has 106 valence electrons. The van der Waals surface area contributed by atoms with E-state index in [4.69, 9.17) is 0 Å². The van der Waals surface area contributed by atoms with Gasteiger partial charge in [-0.25, -0.2) is 0 Å². The maximum absolute atomic E-state index is 13.1. The van der Waals surface area contributed by atoms with E-state index >= 15 is 0 Å². The van der Waals surface area contributed by atoms with E-state index in [0.29, 0.717) is 0 Å². The van der Waals surface area contributed by atoms with Crippen molar-refractivity contribution < 1.29 is 18.0 Å². The summed E-state index contributed by atoms with van der Waals surface area (Å²) in [5, 5.41) is 6.58. The van der Waals surface area contributed by atoms with Crippen LogP contribution in [0, 0.1) is 5.41 Å². The van der Waals surface area contributed by atoms with Crippen molar-refractivity contribution in [2.24, 2.45) is 12.5 Å². The van der Waals surface area contributed by atoms with Crippen LogP contribution in [0.2, 0.25) is 0 Å². The molecule has 1 unspecified atom stereocenters. The van der Waals surface area contributed by atoms with E-state index in [9.17, 15) is 18.0 Å². The predicted molar refractivity (Wildman–Crippen MR) is 62.5 cm³/mol. The van der Waals surface area contributed by atoms with Gasteiger partial charge in [0.25, 0.3) is 0 Å². The van der Waals surface area contributed by atoms with Crippen LogP contribution >= 0.6 is 0 Å². The molecule has 1 aromatic heterocycles. The average Bonchev–Trinajstić information content (AvgIpc) is 2.94. The Hall–Kier alpha value is -1.37. The Morgan fingerprint density at radius 1 is 1.58 bits per heavy atom. The van der Waals surface area contributed by atoms with Crippen molar-refractivity contribution in [1.29, 1.82) is 0 Å². The molecular weight excluding hydrogens is 259 g/mol. The lowest BCUT2D eigenvalue weighted by Gasteiger charge is -2.29. The topological polar surface area (TPSA) is 46.9 Å². The lowest BCUT2D eigenvalue weighted by Crippen LogP contribution is -2.46. The lowest BCUT2D eigenvalue weighted by atomic mass is 9.79. The largest absolute Gasteiger partial charge is 0.402 e. The van der Waals surface area contributed by atoms with E-state index in [1.54, 1.807) is 24.0 Å². The number of alkyl halides is 3. The number of rotatable bonds is 4. The number of carbonyl (C=O) groups is 1. The summed E-state index contributed by atoms with van der Waals surface area (Å²) >= 11 is 0. The van der Waals surface area contributed by atoms with Crippen molar-refractivity contribution in [2.75, 3.05) is 13.1 Å². The first-order valence-corrected chi connectivity index (χ1v) is 6.14. The second-order valence-corrected chi connectivity index (χ2v) is 4.88. The summed E-state index contributed by atoms with van der Waals surface area (Å²) in [5.41, 5.74) is -1.44. The zero-order valence-corrected chi connectivity index (χ0v) is 10.6. The maximum Gasteiger partial charge on any atom is 0.402 e. The van der Waals surface area contributed by atoms with Gasteiger partial charge in [-0.3, -0.25) is 9.48 Å². The Labute approximate surface area is 109 Å². The zero-order chi connectivity index (χ0) is 14.1. The number of carbonyl (C=O) groups excluding carboxylic acids is 1. The number of halogens is 3. The van der Waals surface area contributed by atoms with E-state index in [1.807, 2.05) is 0 Å². The fraction of sp³-hybridized carbons (Fsp3) is 0.667. The first-order chi connectivity index (χ1) is 8.87. The minimum absolute atomic E-state index is 0.110. The number of aromatic nitrogens is 2. The highest BCUT2D eigenvalue weighted by molar-refractivity contribution is 5.86. The molecule has 0 saturated carbocycles. The van der Waals surface area contributed by atoms with Crippen LogP contribution in [0.3, 0.4) is 0 Å². The maximum atomic E-state index is 13.1. The van der Waals surface area contributed by atoms with Gasteiger partial charge in [-0.2, -0.15) is 18.3 Å². The summed E-state index contributed by atoms with van der Waals surface area (Å²) in [5.74, 6) is -0.730. The molecule has 1 aliphatic heterocycles. The van der Waals surface area contributed by atoms with Crippen LogP contribution in [-0.2, 0) is 18.3 Å². The van der Waals surface area contributed by atoms with Gasteiger partial charge in [0, 0.05) is 31.9 Å². The predicted octanol–water partition coefficient (Wildman–Crippen LogP) is 1.46. The van der Waals surface area contributed by atoms with Crippen LogP contribution in [-0.4, -0.2) is 34.8 Å². The zero-order valence-electron chi connectivity index (χ0n) is 10.6. The fourth-order valence-electron chi connectivity index (χ4n) is 2.46. The van der Waals surface area contributed by atoms with Gasteiger partial charge in [-0.1, -0.05) is 0 Å². The number of ketones is 1. The summed E-state index contributed by atoms with van der Waals surface area (Å²) < 4.78 is 41.0. The van der Waals surface area contributed by atoms with Gasteiger partial charge < -0.3 is 5.32 Å². The van der Waals surface area contributed by atoms with Crippen LogP contribution in [0.15, 0.2) is 12.3 Å². The second-order valence-electron chi connectivity index (χ2n) is 4.88. The molecule has 2 heterocycles. The lowest BCUT2D eigenvalue weighted by molar-refractivity contribution is -0.214. The standard InChI is InChI=1S/C12H16F3N3O/c1-18-9(4-6-17-18)2-3-10(19)11(12(13,14)15)5-7-16-8-11/h4,6,16H,2-3,5,7-8H2,1H3. The van der Waals surface area contributed by atoms with Crippen molar-refractivity contribution in [1.82, 2.24) is 15.1 Å². The molecule has 1 atom stereocenters. The monoisotopic (exact) mass is 275 g/mol. The average molecular weight is 275 g/mol. The van der Waals surface area contributed by atoms with Gasteiger partial charge in [-0.15, -0.1) is 0 Å². The Morgan fingerprint density at radius 3 is 2.79 bits per heavy atom. The third kappa shape index (κ3) is 2.51. The molecule has 1 fully saturated rings. The first kappa shape index (κ1) is 14.0. The van der Waals surface area contributed by atoms with Gasteiger partial charge in [0.05, 0.1) is 0 Å². The van der Waals surface area contributed by atoms with Gasteiger partial charge in [-0.05, 0) is 25.5 Å². The number of aryl methyl sites for hydroxylation is 2. The highest BCUT2D eigenvalue weighted by Gasteiger charge is 2.60. The van der Waals surface area contributed by atoms with E-state index in [0.717, 1.165) is 5.69 Å². The molecule has 1 saturated heterocycles. The second kappa shape index (κ2) is 4.96. The van der Waals surface area contributed by atoms with Crippen molar-refractivity contribution in [3.05, 3.63) is 18.0 Å². The molecule has 1 aromatic rings. The molecule has 4 nitrogen and oxygen atoms in total. The number of Topliss-reactive ketones (excluding diaryl/α,β-unsaturated/α-hetero) is 1. The van der Waals surface area contributed by atoms with Gasteiger partial charge in [0.2, 0.25) is 0 Å². The summed E-state index contributed by atoms with van der Waals surface area (Å²) in [7, 11) is 1.70. The molecule has 0 radical (unpaired) electrons. The third-order valence-electron chi connectivity index (χ3n) is 3.76. The highest BCUT2D eigenvalue weighted by atomic mass is 19.4. The number of hydrogen-bond donors (Lipinski definition) is 1. The van der Waals surface area contributed by atoms with E-state index in [-0.39, 0.29) is 32.4 Å². The van der Waals surface area contributed by atoms with Crippen molar-refractivity contribution in [2.45, 2.75) is 25.4 Å². The quantitative estimate of drug-likeness (QED) is 0.905. The Balaban J connectivity index is 2.07. The van der Waals surface area contributed by atoms with Crippen LogP contribution in [0.25, 0.3) is 0 Å². The van der Waals surface area contributed by atoms with Crippen LogP contribution in [0.5, 0.6) is 0 Å². The smallest absolute Gasteiger partial charge is 0.315 e. The molecule has 0 spiro atoms. The summed E-state index contributed by atoms with van der Waals surface area (Å²) in [6.07, 6.45) is -2.91. The Kier molecular flexibility index (Phi) is 3.66.